The van der Waals surface area contributed by atoms with Crippen molar-refractivity contribution in [1.29, 1.82) is 0 Å². The Hall–Kier alpha value is -2.39. The van der Waals surface area contributed by atoms with E-state index < -0.39 is 51.7 Å². The fourth-order valence-corrected chi connectivity index (χ4v) is 9.97. The third-order valence-electron chi connectivity index (χ3n) is 11.3. The number of epoxide rings is 1. The average molecular weight is 515 g/mol. The van der Waals surface area contributed by atoms with Crippen molar-refractivity contribution in [3.05, 3.63) is 24.2 Å². The minimum atomic E-state index is -0.918. The predicted octanol–water partition coefficient (Wildman–Crippen LogP) is 3.50. The second-order valence-corrected chi connectivity index (χ2v) is 13.0. The topological polar surface area (TPSA) is 114 Å². The zero-order chi connectivity index (χ0) is 26.2. The highest BCUT2D eigenvalue weighted by Crippen LogP contribution is 2.80. The van der Waals surface area contributed by atoms with Crippen molar-refractivity contribution in [2.75, 3.05) is 6.61 Å². The maximum atomic E-state index is 13.4. The quantitative estimate of drug-likeness (QED) is 0.332. The molecule has 200 valence electrons. The van der Waals surface area contributed by atoms with Crippen molar-refractivity contribution in [3.8, 4) is 0 Å². The van der Waals surface area contributed by atoms with Crippen molar-refractivity contribution >= 4 is 17.9 Å². The fourth-order valence-electron chi connectivity index (χ4n) is 9.97. The normalized spacial score (nSPS) is 50.8. The largest absolute Gasteiger partial charge is 0.472 e. The van der Waals surface area contributed by atoms with Gasteiger partial charge in [0.15, 0.2) is 6.10 Å². The van der Waals surface area contributed by atoms with Crippen LogP contribution in [-0.2, 0) is 38.1 Å². The smallest absolute Gasteiger partial charge is 0.339 e. The molecule has 0 radical (unpaired) electrons. The van der Waals surface area contributed by atoms with E-state index in [0.29, 0.717) is 6.42 Å². The molecule has 1 unspecified atom stereocenters. The maximum absolute atomic E-state index is 13.4. The van der Waals surface area contributed by atoms with Crippen LogP contribution in [0.5, 0.6) is 0 Å². The molecular weight excluding hydrogens is 480 g/mol. The van der Waals surface area contributed by atoms with Crippen LogP contribution >= 0.6 is 0 Å². The molecule has 1 aromatic rings. The first-order chi connectivity index (χ1) is 17.4. The molecule has 6 aliphatic rings. The lowest BCUT2D eigenvalue weighted by Gasteiger charge is -2.67. The second kappa shape index (κ2) is 6.97. The van der Waals surface area contributed by atoms with Gasteiger partial charge in [0.1, 0.15) is 24.4 Å². The second-order valence-electron chi connectivity index (χ2n) is 13.0. The van der Waals surface area contributed by atoms with Crippen molar-refractivity contribution in [3.63, 3.8) is 0 Å². The maximum Gasteiger partial charge on any atom is 0.339 e. The van der Waals surface area contributed by atoms with Crippen LogP contribution in [-0.4, -0.2) is 54.0 Å². The SMILES string of the molecule is CC(=O)O[C@@H]1C[C@H]2C(C)(C)O[C@H]3CC(=O)OC[C@]32C2CC[C@@]3(C)[C@H](c4ccoc4)OC(=O)[C@H]4O[C@]43[C@@]21C. The van der Waals surface area contributed by atoms with Crippen LogP contribution in [0.1, 0.15) is 72.0 Å². The van der Waals surface area contributed by atoms with Crippen LogP contribution in [0.15, 0.2) is 23.0 Å². The Labute approximate surface area is 215 Å². The summed E-state index contributed by atoms with van der Waals surface area (Å²) in [5.74, 6) is -1.09. The third-order valence-corrected chi connectivity index (χ3v) is 11.3. The first kappa shape index (κ1) is 23.7. The van der Waals surface area contributed by atoms with Crippen LogP contribution in [0.3, 0.4) is 0 Å². The third kappa shape index (κ3) is 2.56. The molecule has 4 saturated heterocycles. The van der Waals surface area contributed by atoms with Gasteiger partial charge in [-0.15, -0.1) is 0 Å². The van der Waals surface area contributed by atoms with Crippen LogP contribution in [0.25, 0.3) is 0 Å². The van der Waals surface area contributed by atoms with E-state index in [9.17, 15) is 14.4 Å². The van der Waals surface area contributed by atoms with Gasteiger partial charge < -0.3 is 28.1 Å². The molecule has 9 heteroatoms. The van der Waals surface area contributed by atoms with E-state index in [0.717, 1.165) is 18.4 Å². The Morgan fingerprint density at radius 3 is 2.57 bits per heavy atom. The van der Waals surface area contributed by atoms with Gasteiger partial charge in [-0.05, 0) is 45.1 Å². The van der Waals surface area contributed by atoms with Crippen LogP contribution < -0.4 is 0 Å². The lowest BCUT2D eigenvalue weighted by atomic mass is 9.36. The summed E-state index contributed by atoms with van der Waals surface area (Å²) in [4.78, 5) is 38.3. The molecule has 9 nitrogen and oxygen atoms in total. The fraction of sp³-hybridized carbons (Fsp3) is 0.750. The van der Waals surface area contributed by atoms with E-state index in [1.807, 2.05) is 6.07 Å². The number of hydrogen-bond donors (Lipinski definition) is 0. The summed E-state index contributed by atoms with van der Waals surface area (Å²) < 4.78 is 36.5. The lowest BCUT2D eigenvalue weighted by molar-refractivity contribution is -0.265. The first-order valence-corrected chi connectivity index (χ1v) is 13.3. The number of hydrogen-bond acceptors (Lipinski definition) is 9. The minimum Gasteiger partial charge on any atom is -0.472 e. The Kier molecular flexibility index (Phi) is 4.47. The molecule has 4 aliphatic heterocycles. The first-order valence-electron chi connectivity index (χ1n) is 13.3. The molecular formula is C28H34O9. The van der Waals surface area contributed by atoms with Crippen molar-refractivity contribution < 1.29 is 42.5 Å². The minimum absolute atomic E-state index is 0.00121. The zero-order valence-corrected chi connectivity index (χ0v) is 21.9. The Morgan fingerprint density at radius 1 is 1.08 bits per heavy atom. The number of carbonyl (C=O) groups excluding carboxylic acids is 3. The van der Waals surface area contributed by atoms with Crippen molar-refractivity contribution in [2.24, 2.45) is 28.1 Å². The number of fused-ring (bicyclic) bond motifs is 1. The Balaban J connectivity index is 1.43. The highest BCUT2D eigenvalue weighted by atomic mass is 16.7. The number of carbonyl (C=O) groups is 3. The van der Waals surface area contributed by atoms with Gasteiger partial charge in [-0.25, -0.2) is 4.79 Å². The molecule has 0 amide bonds. The monoisotopic (exact) mass is 514 g/mol. The molecule has 0 N–H and O–H groups in total. The summed E-state index contributed by atoms with van der Waals surface area (Å²) >= 11 is 0. The predicted molar refractivity (Wildman–Crippen MR) is 125 cm³/mol. The molecule has 2 saturated carbocycles. The summed E-state index contributed by atoms with van der Waals surface area (Å²) in [6.45, 7) is 10.1. The number of cyclic esters (lactones) is 2. The number of furan rings is 1. The van der Waals surface area contributed by atoms with Crippen LogP contribution in [0.2, 0.25) is 0 Å². The molecule has 0 aromatic carbocycles. The lowest BCUT2D eigenvalue weighted by Crippen LogP contribution is -2.74. The van der Waals surface area contributed by atoms with Crippen LogP contribution in [0.4, 0.5) is 0 Å². The molecule has 10 atom stereocenters. The number of esters is 3. The van der Waals surface area contributed by atoms with E-state index >= 15 is 0 Å². The van der Waals surface area contributed by atoms with E-state index in [1.54, 1.807) is 12.5 Å². The van der Waals surface area contributed by atoms with Gasteiger partial charge in [0.2, 0.25) is 0 Å². The average Bonchev–Trinajstić information content (AvgIpc) is 3.30. The zero-order valence-electron chi connectivity index (χ0n) is 21.9. The summed E-state index contributed by atoms with van der Waals surface area (Å²) in [5, 5.41) is 0. The van der Waals surface area contributed by atoms with E-state index in [2.05, 4.69) is 27.7 Å². The molecule has 1 aromatic heterocycles. The highest BCUT2D eigenvalue weighted by Gasteiger charge is 2.90. The van der Waals surface area contributed by atoms with E-state index in [-0.39, 0.29) is 42.9 Å². The summed E-state index contributed by atoms with van der Waals surface area (Å²) in [6, 6.07) is 1.83. The molecule has 5 heterocycles. The van der Waals surface area contributed by atoms with E-state index in [1.165, 1.54) is 6.92 Å². The summed E-state index contributed by atoms with van der Waals surface area (Å²) in [6.07, 6.45) is 3.28. The number of ether oxygens (including phenoxy) is 5. The standard InChI is InChI=1S/C28H34O9/c1-14(29)34-18-10-17-24(2,3)36-19-11-20(30)33-13-27(17,19)16-6-8-25(4)21(15-7-9-32-12-15)35-23(31)22-28(25,37-22)26(16,18)5/h7,9,12,16-19,21-22H,6,8,10-11,13H2,1-5H3/t16?,17-,18+,19-,21-,22+,25-,26-,27+,28+/m0/s1. The van der Waals surface area contributed by atoms with Gasteiger partial charge in [-0.2, -0.15) is 0 Å². The molecule has 0 bridgehead atoms. The van der Waals surface area contributed by atoms with E-state index in [4.69, 9.17) is 28.1 Å². The van der Waals surface area contributed by atoms with Gasteiger partial charge >= 0.3 is 17.9 Å². The summed E-state index contributed by atoms with van der Waals surface area (Å²) in [7, 11) is 0. The van der Waals surface area contributed by atoms with Gasteiger partial charge in [0, 0.05) is 34.7 Å². The molecule has 2 aliphatic carbocycles. The number of rotatable bonds is 2. The van der Waals surface area contributed by atoms with Gasteiger partial charge in [0.05, 0.1) is 30.7 Å². The Morgan fingerprint density at radius 2 is 1.86 bits per heavy atom. The van der Waals surface area contributed by atoms with Gasteiger partial charge in [0.25, 0.3) is 0 Å². The van der Waals surface area contributed by atoms with Gasteiger partial charge in [-0.3, -0.25) is 9.59 Å². The van der Waals surface area contributed by atoms with Crippen molar-refractivity contribution in [2.45, 2.75) is 95.9 Å². The highest BCUT2D eigenvalue weighted by molar-refractivity contribution is 5.82. The Bertz CT molecular complexity index is 1190. The molecule has 6 fully saturated rings. The van der Waals surface area contributed by atoms with Crippen molar-refractivity contribution in [1.82, 2.24) is 0 Å². The van der Waals surface area contributed by atoms with Crippen LogP contribution in [0, 0.1) is 28.1 Å². The summed E-state index contributed by atoms with van der Waals surface area (Å²) in [5.41, 5.74) is -2.47. The molecule has 2 spiro atoms. The molecule has 37 heavy (non-hydrogen) atoms. The van der Waals surface area contributed by atoms with Gasteiger partial charge in [-0.1, -0.05) is 13.8 Å². The molecule has 7 rings (SSSR count).